The Morgan fingerprint density at radius 1 is 1.31 bits per heavy atom. The van der Waals surface area contributed by atoms with Crippen molar-refractivity contribution in [3.63, 3.8) is 0 Å². The van der Waals surface area contributed by atoms with Gasteiger partial charge < -0.3 is 5.32 Å². The van der Waals surface area contributed by atoms with Crippen molar-refractivity contribution in [3.05, 3.63) is 41.5 Å². The smallest absolute Gasteiger partial charge is 0.00172 e. The van der Waals surface area contributed by atoms with E-state index in [9.17, 15) is 0 Å². The van der Waals surface area contributed by atoms with Crippen LogP contribution in [-0.4, -0.2) is 13.6 Å². The van der Waals surface area contributed by atoms with Crippen LogP contribution in [0.3, 0.4) is 0 Å². The van der Waals surface area contributed by atoms with Crippen molar-refractivity contribution in [3.8, 4) is 0 Å². The van der Waals surface area contributed by atoms with E-state index in [0.29, 0.717) is 0 Å². The maximum absolute atomic E-state index is 3.14. The Hall–Kier alpha value is -1.08. The second kappa shape index (κ2) is 7.24. The molecule has 1 aromatic carbocycles. The predicted molar refractivity (Wildman–Crippen MR) is 72.6 cm³/mol. The summed E-state index contributed by atoms with van der Waals surface area (Å²) in [6, 6.07) is 8.82. The number of nitrogens with one attached hydrogen (secondary N) is 1. The SMILES string of the molecule is CNCC/C=C/c1cccc(CC(C)C)c1. The van der Waals surface area contributed by atoms with Gasteiger partial charge in [-0.15, -0.1) is 0 Å². The molecule has 0 unspecified atom stereocenters. The third-order valence-corrected chi connectivity index (χ3v) is 2.47. The van der Waals surface area contributed by atoms with Gasteiger partial charge in [0, 0.05) is 0 Å². The highest BCUT2D eigenvalue weighted by Gasteiger charge is 1.97. The van der Waals surface area contributed by atoms with Crippen molar-refractivity contribution in [1.82, 2.24) is 5.32 Å². The van der Waals surface area contributed by atoms with Gasteiger partial charge in [0.2, 0.25) is 0 Å². The largest absolute Gasteiger partial charge is 0.319 e. The molecule has 1 nitrogen and oxygen atoms in total. The van der Waals surface area contributed by atoms with E-state index >= 15 is 0 Å². The van der Waals surface area contributed by atoms with Gasteiger partial charge in [-0.2, -0.15) is 0 Å². The Bertz CT molecular complexity index is 326. The van der Waals surface area contributed by atoms with Gasteiger partial charge in [0.1, 0.15) is 0 Å². The molecule has 88 valence electrons. The number of benzene rings is 1. The summed E-state index contributed by atoms with van der Waals surface area (Å²) >= 11 is 0. The lowest BCUT2D eigenvalue weighted by Crippen LogP contribution is -2.05. The molecular formula is C15H23N. The van der Waals surface area contributed by atoms with E-state index in [0.717, 1.165) is 25.3 Å². The van der Waals surface area contributed by atoms with E-state index in [2.05, 4.69) is 55.6 Å². The highest BCUT2D eigenvalue weighted by Crippen LogP contribution is 2.11. The second-order valence-corrected chi connectivity index (χ2v) is 4.64. The van der Waals surface area contributed by atoms with Crippen molar-refractivity contribution in [1.29, 1.82) is 0 Å². The first-order valence-corrected chi connectivity index (χ1v) is 6.12. The molecule has 0 spiro atoms. The first kappa shape index (κ1) is 13.0. The van der Waals surface area contributed by atoms with Crippen molar-refractivity contribution < 1.29 is 0 Å². The lowest BCUT2D eigenvalue weighted by Gasteiger charge is -2.05. The predicted octanol–water partition coefficient (Wildman–Crippen LogP) is 3.51. The Morgan fingerprint density at radius 3 is 2.81 bits per heavy atom. The van der Waals surface area contributed by atoms with E-state index in [1.165, 1.54) is 11.1 Å². The van der Waals surface area contributed by atoms with Gasteiger partial charge in [0.25, 0.3) is 0 Å². The summed E-state index contributed by atoms with van der Waals surface area (Å²) in [7, 11) is 1.98. The average molecular weight is 217 g/mol. The van der Waals surface area contributed by atoms with Gasteiger partial charge in [0.05, 0.1) is 0 Å². The van der Waals surface area contributed by atoms with Crippen molar-refractivity contribution >= 4 is 6.08 Å². The minimum absolute atomic E-state index is 0.725. The van der Waals surface area contributed by atoms with Crippen molar-refractivity contribution in [2.45, 2.75) is 26.7 Å². The fourth-order valence-corrected chi connectivity index (χ4v) is 1.74. The monoisotopic (exact) mass is 217 g/mol. The topological polar surface area (TPSA) is 12.0 Å². The molecule has 0 saturated heterocycles. The zero-order valence-electron chi connectivity index (χ0n) is 10.7. The van der Waals surface area contributed by atoms with Gasteiger partial charge in [-0.25, -0.2) is 0 Å². The minimum Gasteiger partial charge on any atom is -0.319 e. The number of hydrogen-bond donors (Lipinski definition) is 1. The highest BCUT2D eigenvalue weighted by molar-refractivity contribution is 5.50. The molecule has 0 saturated carbocycles. The molecule has 1 rings (SSSR count). The highest BCUT2D eigenvalue weighted by atomic mass is 14.8. The molecule has 1 N–H and O–H groups in total. The Kier molecular flexibility index (Phi) is 5.87. The fourth-order valence-electron chi connectivity index (χ4n) is 1.74. The first-order valence-electron chi connectivity index (χ1n) is 6.12. The maximum Gasteiger partial charge on any atom is -0.00172 e. The van der Waals surface area contributed by atoms with Crippen LogP contribution < -0.4 is 5.32 Å². The van der Waals surface area contributed by atoms with E-state index in [4.69, 9.17) is 0 Å². The van der Waals surface area contributed by atoms with Crippen LogP contribution in [0, 0.1) is 5.92 Å². The minimum atomic E-state index is 0.725. The van der Waals surface area contributed by atoms with Crippen LogP contribution in [0.15, 0.2) is 30.3 Å². The second-order valence-electron chi connectivity index (χ2n) is 4.64. The van der Waals surface area contributed by atoms with Crippen LogP contribution in [0.25, 0.3) is 6.08 Å². The van der Waals surface area contributed by atoms with Crippen LogP contribution in [0.5, 0.6) is 0 Å². The average Bonchev–Trinajstić information content (AvgIpc) is 2.24. The molecule has 0 fully saturated rings. The number of rotatable bonds is 6. The number of hydrogen-bond acceptors (Lipinski definition) is 1. The summed E-state index contributed by atoms with van der Waals surface area (Å²) < 4.78 is 0. The van der Waals surface area contributed by atoms with E-state index in [1.54, 1.807) is 0 Å². The fraction of sp³-hybridized carbons (Fsp3) is 0.467. The molecule has 0 aliphatic rings. The molecule has 0 bridgehead atoms. The molecule has 1 aromatic rings. The Labute approximate surface area is 99.6 Å². The molecule has 0 aromatic heterocycles. The summed E-state index contributed by atoms with van der Waals surface area (Å²) in [6.45, 7) is 5.56. The van der Waals surface area contributed by atoms with Crippen LogP contribution in [-0.2, 0) is 6.42 Å². The lowest BCUT2D eigenvalue weighted by molar-refractivity contribution is 0.647. The van der Waals surface area contributed by atoms with Crippen molar-refractivity contribution in [2.75, 3.05) is 13.6 Å². The summed E-state index contributed by atoms with van der Waals surface area (Å²) in [6.07, 6.45) is 6.69. The standard InChI is InChI=1S/C15H23N/c1-13(2)11-15-9-6-8-14(12-15)7-4-5-10-16-3/h4,6-9,12-13,16H,5,10-11H2,1-3H3/b7-4+. The Morgan fingerprint density at radius 2 is 2.12 bits per heavy atom. The molecule has 1 heteroatoms. The third-order valence-electron chi connectivity index (χ3n) is 2.47. The summed E-state index contributed by atoms with van der Waals surface area (Å²) in [4.78, 5) is 0. The summed E-state index contributed by atoms with van der Waals surface area (Å²) in [5.41, 5.74) is 2.75. The molecule has 0 heterocycles. The van der Waals surface area contributed by atoms with Crippen LogP contribution in [0.1, 0.15) is 31.4 Å². The van der Waals surface area contributed by atoms with E-state index < -0.39 is 0 Å². The molecule has 0 aliphatic heterocycles. The quantitative estimate of drug-likeness (QED) is 0.719. The van der Waals surface area contributed by atoms with Gasteiger partial charge in [0.15, 0.2) is 0 Å². The summed E-state index contributed by atoms with van der Waals surface area (Å²) in [5, 5.41) is 3.14. The summed E-state index contributed by atoms with van der Waals surface area (Å²) in [5.74, 6) is 0.725. The van der Waals surface area contributed by atoms with Gasteiger partial charge in [-0.05, 0) is 43.5 Å². The molecule has 0 atom stereocenters. The van der Waals surface area contributed by atoms with Gasteiger partial charge >= 0.3 is 0 Å². The third kappa shape index (κ3) is 5.13. The first-order chi connectivity index (χ1) is 7.72. The molecular weight excluding hydrogens is 194 g/mol. The van der Waals surface area contributed by atoms with Crippen LogP contribution in [0.2, 0.25) is 0 Å². The lowest BCUT2D eigenvalue weighted by atomic mass is 10.0. The maximum atomic E-state index is 3.14. The normalized spacial score (nSPS) is 11.5. The van der Waals surface area contributed by atoms with Crippen molar-refractivity contribution in [2.24, 2.45) is 5.92 Å². The molecule has 0 aliphatic carbocycles. The molecule has 0 radical (unpaired) electrons. The van der Waals surface area contributed by atoms with E-state index in [1.807, 2.05) is 7.05 Å². The Balaban J connectivity index is 2.56. The zero-order chi connectivity index (χ0) is 11.8. The van der Waals surface area contributed by atoms with Gasteiger partial charge in [-0.3, -0.25) is 0 Å². The van der Waals surface area contributed by atoms with Crippen LogP contribution in [0.4, 0.5) is 0 Å². The molecule has 0 amide bonds. The molecule has 16 heavy (non-hydrogen) atoms. The van der Waals surface area contributed by atoms with Crippen LogP contribution >= 0.6 is 0 Å². The van der Waals surface area contributed by atoms with Gasteiger partial charge in [-0.1, -0.05) is 50.3 Å². The zero-order valence-corrected chi connectivity index (χ0v) is 10.7. The van der Waals surface area contributed by atoms with E-state index in [-0.39, 0.29) is 0 Å².